The molecule has 0 atom stereocenters. The molecule has 0 rings (SSSR count). The van der Waals surface area contributed by atoms with Crippen molar-refractivity contribution in [3.05, 3.63) is 0 Å². The van der Waals surface area contributed by atoms with Crippen LogP contribution >= 0.6 is 11.8 Å². The number of amides is 1. The smallest absolute Gasteiger partial charge is 0.354 e. The average Bonchev–Trinajstić information content (AvgIpc) is 2.07. The number of carbonyl (C=O) groups excluding carboxylic acids is 1. The second kappa shape index (κ2) is 7.78. The van der Waals surface area contributed by atoms with Crippen LogP contribution in [0.1, 0.15) is 20.3 Å². The van der Waals surface area contributed by atoms with E-state index < -0.39 is 5.51 Å². The van der Waals surface area contributed by atoms with Crippen LogP contribution in [0.15, 0.2) is 0 Å². The summed E-state index contributed by atoms with van der Waals surface area (Å²) in [5.41, 5.74) is -4.17. The van der Waals surface area contributed by atoms with Gasteiger partial charge in [0.25, 0.3) is 0 Å². The molecule has 0 aliphatic heterocycles. The zero-order chi connectivity index (χ0) is 12.6. The van der Waals surface area contributed by atoms with Crippen molar-refractivity contribution in [2.75, 3.05) is 18.8 Å². The van der Waals surface area contributed by atoms with E-state index in [1.54, 1.807) is 0 Å². The topological polar surface area (TPSA) is 41.1 Å². The van der Waals surface area contributed by atoms with Crippen LogP contribution in [0.4, 0.5) is 13.2 Å². The lowest BCUT2D eigenvalue weighted by Crippen LogP contribution is -2.33. The van der Waals surface area contributed by atoms with E-state index in [1.165, 1.54) is 0 Å². The van der Waals surface area contributed by atoms with Crippen molar-refractivity contribution in [1.29, 1.82) is 0 Å². The summed E-state index contributed by atoms with van der Waals surface area (Å²) in [5.74, 6) is -0.124. The summed E-state index contributed by atoms with van der Waals surface area (Å²) < 4.78 is 35.1. The summed E-state index contributed by atoms with van der Waals surface area (Å²) in [6.45, 7) is 4.35. The normalized spacial score (nSPS) is 11.9. The lowest BCUT2D eigenvalue weighted by Gasteiger charge is -2.09. The maximum Gasteiger partial charge on any atom is 0.441 e. The minimum atomic E-state index is -4.17. The van der Waals surface area contributed by atoms with Crippen molar-refractivity contribution < 1.29 is 18.0 Å². The molecule has 16 heavy (non-hydrogen) atoms. The first-order chi connectivity index (χ1) is 7.31. The van der Waals surface area contributed by atoms with E-state index in [9.17, 15) is 18.0 Å². The third kappa shape index (κ3) is 11.6. The van der Waals surface area contributed by atoms with Crippen molar-refractivity contribution in [3.63, 3.8) is 0 Å². The summed E-state index contributed by atoms with van der Waals surface area (Å²) in [4.78, 5) is 11.1. The summed E-state index contributed by atoms with van der Waals surface area (Å²) in [6.07, 6.45) is 0.287. The van der Waals surface area contributed by atoms with Crippen LogP contribution < -0.4 is 10.6 Å². The molecule has 0 aromatic heterocycles. The standard InChI is InChI=1S/C9H17F3N2OS/c1-7(2)14-8(15)3-4-13-5-6-16-9(10,11)12/h7,13H,3-6H2,1-2H3,(H,14,15). The van der Waals surface area contributed by atoms with Crippen LogP contribution in [0.25, 0.3) is 0 Å². The molecule has 3 nitrogen and oxygen atoms in total. The molecule has 0 aliphatic carbocycles. The van der Waals surface area contributed by atoms with Gasteiger partial charge in [-0.2, -0.15) is 13.2 Å². The van der Waals surface area contributed by atoms with Crippen LogP contribution in [-0.4, -0.2) is 36.3 Å². The lowest BCUT2D eigenvalue weighted by molar-refractivity contribution is -0.121. The summed E-state index contributed by atoms with van der Waals surface area (Å²) in [6, 6.07) is 0.0910. The van der Waals surface area contributed by atoms with Crippen LogP contribution in [0, 0.1) is 0 Å². The molecular formula is C9H17F3N2OS. The molecule has 0 aromatic rings. The van der Waals surface area contributed by atoms with E-state index in [0.29, 0.717) is 6.54 Å². The van der Waals surface area contributed by atoms with Crippen molar-refractivity contribution in [2.24, 2.45) is 0 Å². The molecule has 0 heterocycles. The molecule has 0 fully saturated rings. The molecule has 96 valence electrons. The molecule has 0 saturated heterocycles. The van der Waals surface area contributed by atoms with Gasteiger partial charge in [0.1, 0.15) is 0 Å². The van der Waals surface area contributed by atoms with E-state index >= 15 is 0 Å². The highest BCUT2D eigenvalue weighted by Crippen LogP contribution is 2.29. The summed E-state index contributed by atoms with van der Waals surface area (Å²) in [5, 5.41) is 5.47. The first kappa shape index (κ1) is 15.6. The number of thioether (sulfide) groups is 1. The van der Waals surface area contributed by atoms with Gasteiger partial charge in [0.05, 0.1) is 0 Å². The Kier molecular flexibility index (Phi) is 7.57. The number of nitrogens with one attached hydrogen (secondary N) is 2. The fourth-order valence-corrected chi connectivity index (χ4v) is 1.44. The van der Waals surface area contributed by atoms with Gasteiger partial charge >= 0.3 is 5.51 Å². The number of alkyl halides is 3. The number of halogens is 3. The Morgan fingerprint density at radius 3 is 2.44 bits per heavy atom. The number of carbonyl (C=O) groups is 1. The van der Waals surface area contributed by atoms with Gasteiger partial charge in [-0.1, -0.05) is 0 Å². The maximum absolute atomic E-state index is 11.7. The predicted octanol–water partition coefficient (Wildman–Crippen LogP) is 1.74. The van der Waals surface area contributed by atoms with Crippen molar-refractivity contribution in [2.45, 2.75) is 31.8 Å². The molecule has 0 aliphatic rings. The molecule has 0 spiro atoms. The minimum Gasteiger partial charge on any atom is -0.354 e. The van der Waals surface area contributed by atoms with E-state index in [2.05, 4.69) is 10.6 Å². The third-order valence-corrected chi connectivity index (χ3v) is 2.26. The monoisotopic (exact) mass is 258 g/mol. The third-order valence-electron chi connectivity index (χ3n) is 1.52. The van der Waals surface area contributed by atoms with Crippen LogP contribution in [0.3, 0.4) is 0 Å². The zero-order valence-corrected chi connectivity index (χ0v) is 10.2. The van der Waals surface area contributed by atoms with E-state index in [0.717, 1.165) is 0 Å². The van der Waals surface area contributed by atoms with Crippen LogP contribution in [-0.2, 0) is 4.79 Å². The van der Waals surface area contributed by atoms with Gasteiger partial charge in [-0.05, 0) is 25.6 Å². The fraction of sp³-hybridized carbons (Fsp3) is 0.889. The number of hydrogen-bond acceptors (Lipinski definition) is 3. The first-order valence-electron chi connectivity index (χ1n) is 5.02. The Bertz CT molecular complexity index is 209. The van der Waals surface area contributed by atoms with Gasteiger partial charge in [0.15, 0.2) is 0 Å². The predicted molar refractivity (Wildman–Crippen MR) is 59.3 cm³/mol. The van der Waals surface area contributed by atoms with Gasteiger partial charge in [-0.25, -0.2) is 0 Å². The van der Waals surface area contributed by atoms with E-state index in [-0.39, 0.29) is 42.4 Å². The molecular weight excluding hydrogens is 241 g/mol. The average molecular weight is 258 g/mol. The maximum atomic E-state index is 11.7. The fourth-order valence-electron chi connectivity index (χ4n) is 0.960. The minimum absolute atomic E-state index is 0.0324. The highest BCUT2D eigenvalue weighted by atomic mass is 32.2. The van der Waals surface area contributed by atoms with E-state index in [4.69, 9.17) is 0 Å². The van der Waals surface area contributed by atoms with Gasteiger partial charge in [-0.15, -0.1) is 0 Å². The van der Waals surface area contributed by atoms with Crippen LogP contribution in [0.2, 0.25) is 0 Å². The Labute approximate surface area is 97.5 Å². The molecule has 0 saturated carbocycles. The first-order valence-corrected chi connectivity index (χ1v) is 6.00. The Morgan fingerprint density at radius 2 is 1.94 bits per heavy atom. The number of rotatable bonds is 7. The molecule has 1 amide bonds. The van der Waals surface area contributed by atoms with Crippen LogP contribution in [0.5, 0.6) is 0 Å². The Hall–Kier alpha value is -0.430. The van der Waals surface area contributed by atoms with Crippen molar-refractivity contribution in [1.82, 2.24) is 10.6 Å². The van der Waals surface area contributed by atoms with Crippen molar-refractivity contribution >= 4 is 17.7 Å². The molecule has 0 radical (unpaired) electrons. The lowest BCUT2D eigenvalue weighted by atomic mass is 10.3. The van der Waals surface area contributed by atoms with Gasteiger partial charge in [0, 0.05) is 31.3 Å². The highest BCUT2D eigenvalue weighted by molar-refractivity contribution is 8.00. The van der Waals surface area contributed by atoms with E-state index in [1.807, 2.05) is 13.8 Å². The molecule has 7 heteroatoms. The summed E-state index contributed by atoms with van der Waals surface area (Å²) >= 11 is -0.0600. The van der Waals surface area contributed by atoms with Gasteiger partial charge < -0.3 is 10.6 Å². The SMILES string of the molecule is CC(C)NC(=O)CCNCCSC(F)(F)F. The molecule has 0 aromatic carbocycles. The quantitative estimate of drug-likeness (QED) is 0.683. The Morgan fingerprint density at radius 1 is 1.31 bits per heavy atom. The second-order valence-corrected chi connectivity index (χ2v) is 4.68. The molecule has 0 unspecified atom stereocenters. The molecule has 2 N–H and O–H groups in total. The summed E-state index contributed by atoms with van der Waals surface area (Å²) in [7, 11) is 0. The largest absolute Gasteiger partial charge is 0.441 e. The molecule has 0 bridgehead atoms. The van der Waals surface area contributed by atoms with Crippen molar-refractivity contribution in [3.8, 4) is 0 Å². The van der Waals surface area contributed by atoms with Gasteiger partial charge in [0.2, 0.25) is 5.91 Å². The zero-order valence-electron chi connectivity index (χ0n) is 9.36. The highest BCUT2D eigenvalue weighted by Gasteiger charge is 2.27. The second-order valence-electron chi connectivity index (χ2n) is 3.52. The number of hydrogen-bond donors (Lipinski definition) is 2. The Balaban J connectivity index is 3.31. The van der Waals surface area contributed by atoms with Gasteiger partial charge in [-0.3, -0.25) is 4.79 Å².